The van der Waals surface area contributed by atoms with Crippen LogP contribution in [0.1, 0.15) is 95.4 Å². The van der Waals surface area contributed by atoms with Crippen molar-refractivity contribution in [1.82, 2.24) is 5.32 Å². The molecule has 70 heavy (non-hydrogen) atoms. The first kappa shape index (κ1) is 45.7. The Morgan fingerprint density at radius 2 is 1.54 bits per heavy atom. The van der Waals surface area contributed by atoms with E-state index in [1.807, 2.05) is 61.6 Å². The van der Waals surface area contributed by atoms with Crippen LogP contribution in [0.25, 0.3) is 28.0 Å². The molecule has 0 aliphatic heterocycles. The molecule has 0 radical (unpaired) electrons. The number of hydrogen-bond acceptors (Lipinski definition) is 10. The van der Waals surface area contributed by atoms with Crippen molar-refractivity contribution in [2.75, 3.05) is 21.3 Å². The molecule has 4 N–H and O–H groups in total. The zero-order chi connectivity index (χ0) is 48.4. The van der Waals surface area contributed by atoms with Crippen LogP contribution in [-0.4, -0.2) is 60.7 Å². The third-order valence-electron chi connectivity index (χ3n) is 16.7. The van der Waals surface area contributed by atoms with E-state index < -0.39 is 17.6 Å². The molecule has 360 valence electrons. The number of aromatic hydroxyl groups is 3. The SMILES string of the molecule is CNCc1cccc(-c2cc(O)cc3ccc(CC(=O)O[C@@H]4C[C@@H](OC(C)=O)[C@H]5Cc6cc(OC)c(O)cc6[C@H]6CC[C@@H]7Cc8cc(O)c(OC)cc8[C@H](C4)[C@H]7[C@@]65C4=Cc5ccccc5CC4)cc23)c1. The lowest BCUT2D eigenvalue weighted by Gasteiger charge is -2.66. The van der Waals surface area contributed by atoms with E-state index in [0.717, 1.165) is 87.4 Å². The van der Waals surface area contributed by atoms with Crippen molar-refractivity contribution in [3.8, 4) is 39.9 Å². The minimum Gasteiger partial charge on any atom is -0.508 e. The van der Waals surface area contributed by atoms with Gasteiger partial charge in [0.2, 0.25) is 0 Å². The van der Waals surface area contributed by atoms with E-state index in [0.29, 0.717) is 37.3 Å². The highest BCUT2D eigenvalue weighted by Crippen LogP contribution is 2.72. The van der Waals surface area contributed by atoms with E-state index in [4.69, 9.17) is 18.9 Å². The summed E-state index contributed by atoms with van der Waals surface area (Å²) in [6, 6.07) is 34.1. The molecule has 0 bridgehead atoms. The second-order valence-electron chi connectivity index (χ2n) is 20.5. The first-order chi connectivity index (χ1) is 33.9. The van der Waals surface area contributed by atoms with Crippen molar-refractivity contribution in [2.45, 2.75) is 95.3 Å². The average molecular weight is 940 g/mol. The summed E-state index contributed by atoms with van der Waals surface area (Å²) in [6.45, 7) is 2.18. The number of aryl methyl sites for hydroxylation is 1. The summed E-state index contributed by atoms with van der Waals surface area (Å²) in [4.78, 5) is 28.2. The van der Waals surface area contributed by atoms with Gasteiger partial charge in [-0.1, -0.05) is 66.2 Å². The van der Waals surface area contributed by atoms with Crippen LogP contribution in [-0.2, 0) is 51.3 Å². The maximum Gasteiger partial charge on any atom is 0.310 e. The number of fused-ring (bicyclic) bond motifs is 6. The topological polar surface area (TPSA) is 144 Å². The van der Waals surface area contributed by atoms with Crippen LogP contribution in [0.15, 0.2) is 109 Å². The van der Waals surface area contributed by atoms with Gasteiger partial charge in [0, 0.05) is 31.2 Å². The van der Waals surface area contributed by atoms with Crippen molar-refractivity contribution >= 4 is 28.8 Å². The third kappa shape index (κ3) is 7.85. The predicted molar refractivity (Wildman–Crippen MR) is 269 cm³/mol. The maximum atomic E-state index is 14.6. The van der Waals surface area contributed by atoms with E-state index in [1.165, 1.54) is 23.6 Å². The van der Waals surface area contributed by atoms with E-state index in [9.17, 15) is 24.9 Å². The minimum absolute atomic E-state index is 0.00778. The van der Waals surface area contributed by atoms with Crippen LogP contribution >= 0.6 is 0 Å². The number of esters is 2. The van der Waals surface area contributed by atoms with Gasteiger partial charge in [0.25, 0.3) is 0 Å². The van der Waals surface area contributed by atoms with Gasteiger partial charge in [0.05, 0.1) is 20.6 Å². The standard InChI is InChI=1S/C60H61NO9/c1-33(62)69-55-29-45(70-58(66)20-34-12-13-39-23-44(63)27-47(46(39)19-34)38-11-7-8-35(18-38)32-61-2)28-50-48-31-57(68-4)53(64)25-41(48)21-40-15-17-51-49-30-54(65)56(67-3)26-42(49)24-52(55)60(51,59(40)50)43-16-14-36-9-5-6-10-37(36)22-43/h5-13,18-19,22-23,25-27,30-31,40,45,50-52,55,59,61,63-65H,14-17,20-21,24,28-29,32H2,1-4H3/t40-,45+,50+,51-,52-,55-,59+,60+/m1/s1. The summed E-state index contributed by atoms with van der Waals surface area (Å²) in [7, 11) is 5.06. The van der Waals surface area contributed by atoms with Gasteiger partial charge in [-0.25, -0.2) is 0 Å². The molecule has 8 atom stereocenters. The first-order valence-corrected chi connectivity index (χ1v) is 24.9. The van der Waals surface area contributed by atoms with E-state index in [2.05, 4.69) is 47.8 Å². The Bertz CT molecular complexity index is 3080. The molecule has 0 heterocycles. The fourth-order valence-corrected chi connectivity index (χ4v) is 14.3. The van der Waals surface area contributed by atoms with Crippen molar-refractivity contribution in [3.63, 3.8) is 0 Å². The molecule has 5 aliphatic rings. The van der Waals surface area contributed by atoms with Gasteiger partial charge in [-0.05, 0) is 191 Å². The van der Waals surface area contributed by atoms with Gasteiger partial charge in [-0.2, -0.15) is 0 Å². The van der Waals surface area contributed by atoms with Gasteiger partial charge in [0.15, 0.2) is 23.0 Å². The number of phenolic OH excluding ortho intramolecular Hbond substituents is 3. The molecule has 0 aromatic heterocycles. The van der Waals surface area contributed by atoms with E-state index in [1.54, 1.807) is 26.4 Å². The molecular formula is C60H61NO9. The van der Waals surface area contributed by atoms with Crippen LogP contribution in [0.4, 0.5) is 0 Å². The largest absolute Gasteiger partial charge is 0.508 e. The molecule has 0 saturated heterocycles. The number of benzene rings is 6. The highest BCUT2D eigenvalue weighted by atomic mass is 16.6. The zero-order valence-electron chi connectivity index (χ0n) is 40.3. The third-order valence-corrected chi connectivity index (χ3v) is 16.7. The van der Waals surface area contributed by atoms with E-state index in [-0.39, 0.29) is 65.2 Å². The predicted octanol–water partition coefficient (Wildman–Crippen LogP) is 10.9. The van der Waals surface area contributed by atoms with Crippen LogP contribution in [0.2, 0.25) is 0 Å². The Morgan fingerprint density at radius 3 is 2.36 bits per heavy atom. The summed E-state index contributed by atoms with van der Waals surface area (Å²) in [5.74, 6) is 0.233. The smallest absolute Gasteiger partial charge is 0.310 e. The Morgan fingerprint density at radius 1 is 0.743 bits per heavy atom. The van der Waals surface area contributed by atoms with Gasteiger partial charge >= 0.3 is 11.9 Å². The molecular weight excluding hydrogens is 879 g/mol. The Labute approximate surface area is 409 Å². The molecule has 6 aromatic carbocycles. The summed E-state index contributed by atoms with van der Waals surface area (Å²) in [6.07, 6.45) is 6.76. The highest BCUT2D eigenvalue weighted by molar-refractivity contribution is 5.98. The van der Waals surface area contributed by atoms with Crippen LogP contribution in [0, 0.1) is 23.2 Å². The molecule has 0 spiro atoms. The van der Waals surface area contributed by atoms with Crippen molar-refractivity contribution in [3.05, 3.63) is 153 Å². The number of ether oxygens (including phenoxy) is 4. The van der Waals surface area contributed by atoms with Crippen molar-refractivity contribution in [1.29, 1.82) is 0 Å². The van der Waals surface area contributed by atoms with Crippen molar-refractivity contribution in [2.24, 2.45) is 23.2 Å². The van der Waals surface area contributed by atoms with Crippen LogP contribution in [0.5, 0.6) is 28.7 Å². The zero-order valence-corrected chi connectivity index (χ0v) is 40.3. The number of carbonyl (C=O) groups excluding carboxylic acids is 2. The van der Waals surface area contributed by atoms with Crippen LogP contribution < -0.4 is 14.8 Å². The second-order valence-corrected chi connectivity index (χ2v) is 20.5. The fourth-order valence-electron chi connectivity index (χ4n) is 14.3. The lowest BCUT2D eigenvalue weighted by atomic mass is 9.38. The Balaban J connectivity index is 1.04. The molecule has 5 aliphatic carbocycles. The highest BCUT2D eigenvalue weighted by Gasteiger charge is 2.66. The molecule has 2 fully saturated rings. The number of hydrogen-bond donors (Lipinski definition) is 4. The molecule has 11 rings (SSSR count). The second kappa shape index (κ2) is 18.2. The summed E-state index contributed by atoms with van der Waals surface area (Å²) in [5.41, 5.74) is 11.4. The molecule has 2 saturated carbocycles. The van der Waals surface area contributed by atoms with Gasteiger partial charge in [0.1, 0.15) is 18.0 Å². The number of allylic oxidation sites excluding steroid dienone is 1. The minimum atomic E-state index is -0.633. The van der Waals surface area contributed by atoms with Gasteiger partial charge in [-0.3, -0.25) is 9.59 Å². The molecule has 0 unspecified atom stereocenters. The van der Waals surface area contributed by atoms with Gasteiger partial charge < -0.3 is 39.6 Å². The number of phenols is 3. The Kier molecular flexibility index (Phi) is 11.9. The lowest BCUT2D eigenvalue weighted by Crippen LogP contribution is -2.61. The summed E-state index contributed by atoms with van der Waals surface area (Å²) in [5, 5.41) is 38.6. The summed E-state index contributed by atoms with van der Waals surface area (Å²) >= 11 is 0. The monoisotopic (exact) mass is 939 g/mol. The number of methoxy groups -OCH3 is 2. The normalized spacial score (nSPS) is 25.1. The lowest BCUT2D eigenvalue weighted by molar-refractivity contribution is -0.171. The number of carbonyl (C=O) groups is 2. The van der Waals surface area contributed by atoms with Gasteiger partial charge in [-0.15, -0.1) is 0 Å². The molecule has 10 heteroatoms. The van der Waals surface area contributed by atoms with Crippen LogP contribution in [0.3, 0.4) is 0 Å². The molecule has 0 amide bonds. The fraction of sp³-hybridized carbons (Fsp3) is 0.367. The summed E-state index contributed by atoms with van der Waals surface area (Å²) < 4.78 is 24.9. The number of nitrogens with one attached hydrogen (secondary N) is 1. The van der Waals surface area contributed by atoms with Crippen molar-refractivity contribution < 1.29 is 43.9 Å². The molecule has 6 aromatic rings. The average Bonchev–Trinajstić information content (AvgIpc) is 3.34. The Hall–Kier alpha value is -6.78. The molecule has 10 nitrogen and oxygen atoms in total. The number of rotatable bonds is 10. The maximum absolute atomic E-state index is 14.6. The first-order valence-electron chi connectivity index (χ1n) is 24.9. The van der Waals surface area contributed by atoms with E-state index >= 15 is 0 Å². The quantitative estimate of drug-likeness (QED) is 0.0980.